The van der Waals surface area contributed by atoms with Crippen molar-refractivity contribution in [2.45, 2.75) is 32.3 Å². The number of methoxy groups -OCH3 is 1. The first-order valence-corrected chi connectivity index (χ1v) is 7.29. The second-order valence-electron chi connectivity index (χ2n) is 5.59. The monoisotopic (exact) mass is 276 g/mol. The lowest BCUT2D eigenvalue weighted by molar-refractivity contribution is 0.185. The average Bonchev–Trinajstić information content (AvgIpc) is 2.92. The van der Waals surface area contributed by atoms with E-state index in [-0.39, 0.29) is 6.03 Å². The van der Waals surface area contributed by atoms with Gasteiger partial charge in [-0.05, 0) is 36.5 Å². The van der Waals surface area contributed by atoms with E-state index in [2.05, 4.69) is 5.32 Å². The Kier molecular flexibility index (Phi) is 5.41. The Hall–Kier alpha value is -1.55. The summed E-state index contributed by atoms with van der Waals surface area (Å²) in [6.45, 7) is 1.41. The molecule has 0 atom stereocenters. The van der Waals surface area contributed by atoms with E-state index in [1.165, 1.54) is 25.7 Å². The Bertz CT molecular complexity index is 442. The van der Waals surface area contributed by atoms with Gasteiger partial charge in [0, 0.05) is 26.4 Å². The first-order chi connectivity index (χ1) is 9.69. The number of nitrogens with one attached hydrogen (secondary N) is 1. The van der Waals surface area contributed by atoms with Gasteiger partial charge >= 0.3 is 6.03 Å². The molecule has 1 aromatic carbocycles. The van der Waals surface area contributed by atoms with E-state index in [1.807, 2.05) is 31.3 Å². The normalized spacial score (nSPS) is 15.3. The molecule has 20 heavy (non-hydrogen) atoms. The number of nitrogens with zero attached hydrogens (tertiary/aromatic N) is 1. The quantitative estimate of drug-likeness (QED) is 0.894. The van der Waals surface area contributed by atoms with Crippen LogP contribution >= 0.6 is 0 Å². The highest BCUT2D eigenvalue weighted by Gasteiger charge is 2.19. The molecule has 4 nitrogen and oxygen atoms in total. The number of urea groups is 1. The Morgan fingerprint density at radius 1 is 1.40 bits per heavy atom. The maximum absolute atomic E-state index is 12.2. The number of carbonyl (C=O) groups is 1. The molecule has 1 N–H and O–H groups in total. The van der Waals surface area contributed by atoms with Gasteiger partial charge in [-0.25, -0.2) is 4.79 Å². The highest BCUT2D eigenvalue weighted by molar-refractivity contribution is 5.89. The van der Waals surface area contributed by atoms with Crippen LogP contribution in [-0.4, -0.2) is 31.6 Å². The van der Waals surface area contributed by atoms with Gasteiger partial charge in [-0.1, -0.05) is 25.0 Å². The molecule has 1 aliphatic rings. The number of hydrogen-bond donors (Lipinski definition) is 1. The molecule has 0 unspecified atom stereocenters. The van der Waals surface area contributed by atoms with Crippen LogP contribution in [0.15, 0.2) is 24.3 Å². The van der Waals surface area contributed by atoms with Gasteiger partial charge in [0.2, 0.25) is 0 Å². The van der Waals surface area contributed by atoms with Gasteiger partial charge in [-0.3, -0.25) is 0 Å². The zero-order chi connectivity index (χ0) is 14.4. The summed E-state index contributed by atoms with van der Waals surface area (Å²) in [7, 11) is 3.54. The summed E-state index contributed by atoms with van der Waals surface area (Å²) in [5.41, 5.74) is 1.88. The first-order valence-electron chi connectivity index (χ1n) is 7.29. The van der Waals surface area contributed by atoms with Gasteiger partial charge in [0.05, 0.1) is 6.61 Å². The van der Waals surface area contributed by atoms with Gasteiger partial charge in [0.25, 0.3) is 0 Å². The van der Waals surface area contributed by atoms with E-state index in [1.54, 1.807) is 12.0 Å². The summed E-state index contributed by atoms with van der Waals surface area (Å²) in [6, 6.07) is 7.74. The molecule has 2 amide bonds. The molecular weight excluding hydrogens is 252 g/mol. The van der Waals surface area contributed by atoms with Crippen molar-refractivity contribution < 1.29 is 9.53 Å². The third-order valence-corrected chi connectivity index (χ3v) is 3.84. The number of hydrogen-bond acceptors (Lipinski definition) is 2. The van der Waals surface area contributed by atoms with Crippen molar-refractivity contribution in [3.8, 4) is 0 Å². The summed E-state index contributed by atoms with van der Waals surface area (Å²) >= 11 is 0. The van der Waals surface area contributed by atoms with Crippen LogP contribution in [0.25, 0.3) is 0 Å². The summed E-state index contributed by atoms with van der Waals surface area (Å²) in [6.07, 6.45) is 5.11. The van der Waals surface area contributed by atoms with Crippen molar-refractivity contribution in [3.05, 3.63) is 29.8 Å². The summed E-state index contributed by atoms with van der Waals surface area (Å²) in [5, 5.41) is 2.95. The van der Waals surface area contributed by atoms with E-state index < -0.39 is 0 Å². The lowest BCUT2D eigenvalue weighted by Crippen LogP contribution is -2.34. The standard InChI is InChI=1S/C16H24N2O2/c1-18(11-13-6-3-4-7-13)16(19)17-15-9-5-8-14(10-15)12-20-2/h5,8-10,13H,3-4,6-7,11-12H2,1-2H3,(H,17,19). The third kappa shape index (κ3) is 4.23. The second kappa shape index (κ2) is 7.29. The third-order valence-electron chi connectivity index (χ3n) is 3.84. The molecule has 2 rings (SSSR count). The Labute approximate surface area is 121 Å². The van der Waals surface area contributed by atoms with Crippen LogP contribution in [-0.2, 0) is 11.3 Å². The van der Waals surface area contributed by atoms with Crippen molar-refractivity contribution in [1.82, 2.24) is 4.90 Å². The van der Waals surface area contributed by atoms with Gasteiger partial charge in [-0.2, -0.15) is 0 Å². The highest BCUT2D eigenvalue weighted by Crippen LogP contribution is 2.25. The topological polar surface area (TPSA) is 41.6 Å². The zero-order valence-electron chi connectivity index (χ0n) is 12.4. The van der Waals surface area contributed by atoms with Gasteiger partial charge < -0.3 is 15.0 Å². The summed E-state index contributed by atoms with van der Waals surface area (Å²) in [4.78, 5) is 13.9. The summed E-state index contributed by atoms with van der Waals surface area (Å²) < 4.78 is 5.10. The molecule has 0 aliphatic heterocycles. The van der Waals surface area contributed by atoms with Crippen molar-refractivity contribution >= 4 is 11.7 Å². The van der Waals surface area contributed by atoms with Crippen LogP contribution in [0.2, 0.25) is 0 Å². The SMILES string of the molecule is COCc1cccc(NC(=O)N(C)CC2CCCC2)c1. The second-order valence-corrected chi connectivity index (χ2v) is 5.59. The molecule has 0 heterocycles. The predicted molar refractivity (Wildman–Crippen MR) is 80.8 cm³/mol. The van der Waals surface area contributed by atoms with Crippen LogP contribution < -0.4 is 5.32 Å². The molecule has 1 aliphatic carbocycles. The molecule has 0 radical (unpaired) electrons. The Morgan fingerprint density at radius 3 is 2.85 bits per heavy atom. The fraction of sp³-hybridized carbons (Fsp3) is 0.562. The van der Waals surface area contributed by atoms with E-state index in [9.17, 15) is 4.79 Å². The van der Waals surface area contributed by atoms with Crippen LogP contribution in [0.5, 0.6) is 0 Å². The van der Waals surface area contributed by atoms with Gasteiger partial charge in [-0.15, -0.1) is 0 Å². The number of ether oxygens (including phenoxy) is 1. The minimum atomic E-state index is -0.0357. The molecule has 110 valence electrons. The van der Waals surface area contributed by atoms with Gasteiger partial charge in [0.15, 0.2) is 0 Å². The lowest BCUT2D eigenvalue weighted by Gasteiger charge is -2.21. The fourth-order valence-electron chi connectivity index (χ4n) is 2.79. The van der Waals surface area contributed by atoms with E-state index >= 15 is 0 Å². The number of anilines is 1. The maximum atomic E-state index is 12.2. The average molecular weight is 276 g/mol. The number of amides is 2. The molecule has 1 aromatic rings. The molecular formula is C16H24N2O2. The van der Waals surface area contributed by atoms with Crippen LogP contribution in [0.4, 0.5) is 10.5 Å². The Morgan fingerprint density at radius 2 is 2.15 bits per heavy atom. The van der Waals surface area contributed by atoms with E-state index in [0.29, 0.717) is 12.5 Å². The molecule has 4 heteroatoms. The van der Waals surface area contributed by atoms with E-state index in [0.717, 1.165) is 17.8 Å². The number of benzene rings is 1. The predicted octanol–water partition coefficient (Wildman–Crippen LogP) is 3.49. The lowest BCUT2D eigenvalue weighted by atomic mass is 10.1. The molecule has 0 saturated heterocycles. The number of carbonyl (C=O) groups excluding carboxylic acids is 1. The largest absolute Gasteiger partial charge is 0.380 e. The van der Waals surface area contributed by atoms with E-state index in [4.69, 9.17) is 4.74 Å². The minimum absolute atomic E-state index is 0.0357. The smallest absolute Gasteiger partial charge is 0.321 e. The zero-order valence-corrected chi connectivity index (χ0v) is 12.4. The van der Waals surface area contributed by atoms with Gasteiger partial charge in [0.1, 0.15) is 0 Å². The molecule has 1 saturated carbocycles. The van der Waals surface area contributed by atoms with Crippen LogP contribution in [0, 0.1) is 5.92 Å². The highest BCUT2D eigenvalue weighted by atomic mass is 16.5. The molecule has 0 bridgehead atoms. The molecule has 1 fully saturated rings. The first kappa shape index (κ1) is 14.9. The number of rotatable bonds is 5. The molecule has 0 spiro atoms. The summed E-state index contributed by atoms with van der Waals surface area (Å²) in [5.74, 6) is 0.672. The Balaban J connectivity index is 1.87. The van der Waals surface area contributed by atoms with Crippen molar-refractivity contribution in [2.24, 2.45) is 5.92 Å². The fourth-order valence-corrected chi connectivity index (χ4v) is 2.79. The van der Waals surface area contributed by atoms with Crippen LogP contribution in [0.3, 0.4) is 0 Å². The van der Waals surface area contributed by atoms with Crippen molar-refractivity contribution in [1.29, 1.82) is 0 Å². The molecule has 0 aromatic heterocycles. The van der Waals surface area contributed by atoms with Crippen molar-refractivity contribution in [2.75, 3.05) is 26.0 Å². The maximum Gasteiger partial charge on any atom is 0.321 e. The minimum Gasteiger partial charge on any atom is -0.380 e. The van der Waals surface area contributed by atoms with Crippen molar-refractivity contribution in [3.63, 3.8) is 0 Å². The van der Waals surface area contributed by atoms with Crippen LogP contribution in [0.1, 0.15) is 31.2 Å².